The summed E-state index contributed by atoms with van der Waals surface area (Å²) in [5, 5.41) is 15.5. The zero-order valence-electron chi connectivity index (χ0n) is 19.0. The fourth-order valence-electron chi connectivity index (χ4n) is 3.80. The number of quaternary nitrogens is 1. The number of nitrogens with two attached hydrogens (primary N) is 1. The number of hydrogen-bond acceptors (Lipinski definition) is 6. The molecule has 0 radical (unpaired) electrons. The summed E-state index contributed by atoms with van der Waals surface area (Å²) in [4.78, 5) is 26.0. The largest absolute Gasteiger partial charge is 0.348 e. The van der Waals surface area contributed by atoms with E-state index in [1.54, 1.807) is 24.7 Å². The predicted molar refractivity (Wildman–Crippen MR) is 133 cm³/mol. The highest BCUT2D eigenvalue weighted by atomic mass is 16.5. The molecule has 0 bridgehead atoms. The van der Waals surface area contributed by atoms with E-state index >= 15 is 0 Å². The number of imidazole rings is 1. The summed E-state index contributed by atoms with van der Waals surface area (Å²) in [6.45, 7) is 2.00. The zero-order chi connectivity index (χ0) is 24.2. The van der Waals surface area contributed by atoms with Crippen LogP contribution in [0.5, 0.6) is 0 Å². The van der Waals surface area contributed by atoms with Gasteiger partial charge in [0, 0.05) is 29.6 Å². The fourth-order valence-corrected chi connectivity index (χ4v) is 3.80. The highest BCUT2D eigenvalue weighted by Gasteiger charge is 2.12. The van der Waals surface area contributed by atoms with Gasteiger partial charge in [0.2, 0.25) is 5.95 Å². The monoisotopic (exact) mass is 466 g/mol. The molecule has 1 unspecified atom stereocenters. The Kier molecular flexibility index (Phi) is 6.16. The molecular weight excluding hydrogens is 442 g/mol. The van der Waals surface area contributed by atoms with E-state index in [9.17, 15) is 10.0 Å². The van der Waals surface area contributed by atoms with Crippen LogP contribution in [0.3, 0.4) is 0 Å². The van der Waals surface area contributed by atoms with Crippen LogP contribution in [-0.4, -0.2) is 30.6 Å². The first-order chi connectivity index (χ1) is 17.1. The number of hydrogen-bond donors (Lipinski definition) is 4. The summed E-state index contributed by atoms with van der Waals surface area (Å²) in [6, 6.07) is 24.0. The predicted octanol–water partition coefficient (Wildman–Crippen LogP) is 3.83. The molecular formula is C26H24N7O2+. The highest BCUT2D eigenvalue weighted by Crippen LogP contribution is 2.23. The maximum absolute atomic E-state index is 12.5. The normalized spacial score (nSPS) is 11.8. The first-order valence-corrected chi connectivity index (χ1v) is 11.1. The molecule has 0 saturated heterocycles. The van der Waals surface area contributed by atoms with Crippen molar-refractivity contribution in [1.29, 1.82) is 0 Å². The van der Waals surface area contributed by atoms with E-state index in [1.165, 1.54) is 0 Å². The summed E-state index contributed by atoms with van der Waals surface area (Å²) >= 11 is 0. The molecule has 2 aromatic heterocycles. The Morgan fingerprint density at radius 3 is 2.69 bits per heavy atom. The van der Waals surface area contributed by atoms with Gasteiger partial charge in [0.25, 0.3) is 5.91 Å². The molecule has 3 aromatic carbocycles. The molecule has 5 N–H and O–H groups in total. The van der Waals surface area contributed by atoms with E-state index in [0.29, 0.717) is 23.0 Å². The van der Waals surface area contributed by atoms with Gasteiger partial charge in [-0.1, -0.05) is 30.3 Å². The summed E-state index contributed by atoms with van der Waals surface area (Å²) < 4.78 is 1.87. The lowest BCUT2D eigenvalue weighted by molar-refractivity contribution is -0.825. The molecule has 0 aliphatic heterocycles. The second-order valence-electron chi connectivity index (χ2n) is 8.04. The van der Waals surface area contributed by atoms with E-state index in [1.807, 2.05) is 78.2 Å². The molecule has 35 heavy (non-hydrogen) atoms. The Morgan fingerprint density at radius 1 is 1.00 bits per heavy atom. The van der Waals surface area contributed by atoms with E-state index < -0.39 is 0 Å². The number of fused-ring (bicyclic) bond motifs is 1. The Hall–Kier alpha value is -4.60. The minimum atomic E-state index is -0.174. The molecule has 2 heterocycles. The molecule has 0 saturated carbocycles. The van der Waals surface area contributed by atoms with Crippen molar-refractivity contribution in [3.63, 3.8) is 0 Å². The third kappa shape index (κ3) is 4.86. The number of benzene rings is 3. The van der Waals surface area contributed by atoms with Gasteiger partial charge in [0.05, 0.1) is 17.1 Å². The lowest BCUT2D eigenvalue weighted by Crippen LogP contribution is -2.73. The van der Waals surface area contributed by atoms with Gasteiger partial charge < -0.3 is 10.6 Å². The summed E-state index contributed by atoms with van der Waals surface area (Å²) in [7, 11) is 0. The van der Waals surface area contributed by atoms with E-state index in [4.69, 9.17) is 0 Å². The molecule has 1 amide bonds. The van der Waals surface area contributed by atoms with Crippen LogP contribution >= 0.6 is 0 Å². The first kappa shape index (κ1) is 22.2. The van der Waals surface area contributed by atoms with Crippen LogP contribution in [0.4, 0.5) is 17.3 Å². The minimum absolute atomic E-state index is 0.0690. The third-order valence-electron chi connectivity index (χ3n) is 5.63. The molecule has 1 atom stereocenters. The van der Waals surface area contributed by atoms with E-state index in [2.05, 4.69) is 25.6 Å². The first-order valence-electron chi connectivity index (χ1n) is 11.1. The summed E-state index contributed by atoms with van der Waals surface area (Å²) in [6.07, 6.45) is 3.39. The van der Waals surface area contributed by atoms with Crippen molar-refractivity contribution in [1.82, 2.24) is 19.5 Å². The number of carbonyl (C=O) groups is 1. The van der Waals surface area contributed by atoms with Gasteiger partial charge in [-0.25, -0.2) is 15.2 Å². The van der Waals surface area contributed by atoms with Crippen LogP contribution in [0.1, 0.15) is 28.9 Å². The Labute approximate surface area is 201 Å². The number of carbonyl (C=O) groups excluding carboxylic acids is 1. The van der Waals surface area contributed by atoms with Crippen LogP contribution in [0.25, 0.3) is 16.9 Å². The second-order valence-corrected chi connectivity index (χ2v) is 8.04. The molecule has 174 valence electrons. The SMILES string of the molecule is CC(Nc1nccc(-n2cnc3cc(NC(=O)c4ccccc4)ccc32)n1)c1cccc([NH2+]O)c1. The molecule has 5 rings (SSSR count). The Morgan fingerprint density at radius 2 is 1.86 bits per heavy atom. The van der Waals surface area contributed by atoms with Crippen LogP contribution < -0.4 is 16.1 Å². The summed E-state index contributed by atoms with van der Waals surface area (Å²) in [5.74, 6) is 0.963. The van der Waals surface area contributed by atoms with Gasteiger partial charge in [-0.15, -0.1) is 0 Å². The maximum Gasteiger partial charge on any atom is 0.255 e. The minimum Gasteiger partial charge on any atom is -0.348 e. The number of aromatic nitrogens is 4. The van der Waals surface area contributed by atoms with Crippen LogP contribution in [-0.2, 0) is 0 Å². The topological polar surface area (TPSA) is 122 Å². The molecule has 0 aliphatic carbocycles. The number of amides is 1. The van der Waals surface area contributed by atoms with Gasteiger partial charge in [-0.2, -0.15) is 10.5 Å². The van der Waals surface area contributed by atoms with Gasteiger partial charge in [0.15, 0.2) is 5.69 Å². The number of rotatable bonds is 7. The molecule has 0 aliphatic rings. The quantitative estimate of drug-likeness (QED) is 0.214. The lowest BCUT2D eigenvalue weighted by atomic mass is 10.1. The lowest BCUT2D eigenvalue weighted by Gasteiger charge is -2.15. The average molecular weight is 467 g/mol. The summed E-state index contributed by atoms with van der Waals surface area (Å²) in [5.41, 5.74) is 5.65. The van der Waals surface area contributed by atoms with Crippen LogP contribution in [0.2, 0.25) is 0 Å². The number of nitrogens with zero attached hydrogens (tertiary/aromatic N) is 4. The standard InChI is InChI=1S/C26H23N7O2/c1-17(19-8-5-9-21(14-19)32-35)29-26-27-13-12-24(31-26)33-16-28-22-15-20(10-11-23(22)33)30-25(34)18-6-3-2-4-7-18/h2-17,32,35H,1H3,(H,30,34)(H,27,29,31)/p+1. The van der Waals surface area contributed by atoms with Crippen molar-refractivity contribution in [3.8, 4) is 5.82 Å². The van der Waals surface area contributed by atoms with Gasteiger partial charge >= 0.3 is 0 Å². The van der Waals surface area contributed by atoms with Crippen molar-refractivity contribution in [2.24, 2.45) is 0 Å². The van der Waals surface area contributed by atoms with Crippen LogP contribution in [0.15, 0.2) is 91.4 Å². The van der Waals surface area contributed by atoms with Crippen molar-refractivity contribution >= 4 is 34.3 Å². The average Bonchev–Trinajstić information content (AvgIpc) is 3.32. The second kappa shape index (κ2) is 9.72. The van der Waals surface area contributed by atoms with Crippen molar-refractivity contribution < 1.29 is 15.5 Å². The Balaban J connectivity index is 1.36. The van der Waals surface area contributed by atoms with Crippen molar-refractivity contribution in [2.45, 2.75) is 13.0 Å². The van der Waals surface area contributed by atoms with Crippen LogP contribution in [0, 0.1) is 0 Å². The highest BCUT2D eigenvalue weighted by molar-refractivity contribution is 6.04. The van der Waals surface area contributed by atoms with Gasteiger partial charge in [0.1, 0.15) is 12.1 Å². The van der Waals surface area contributed by atoms with Crippen molar-refractivity contribution in [3.05, 3.63) is 103 Å². The maximum atomic E-state index is 12.5. The molecule has 0 fully saturated rings. The molecule has 9 heteroatoms. The molecule has 0 spiro atoms. The number of anilines is 2. The number of nitrogens with one attached hydrogen (secondary N) is 2. The Bertz CT molecular complexity index is 1480. The van der Waals surface area contributed by atoms with Gasteiger partial charge in [-0.3, -0.25) is 9.36 Å². The third-order valence-corrected chi connectivity index (χ3v) is 5.63. The smallest absolute Gasteiger partial charge is 0.255 e. The molecule has 5 aromatic rings. The zero-order valence-corrected chi connectivity index (χ0v) is 19.0. The van der Waals surface area contributed by atoms with Gasteiger partial charge in [-0.05, 0) is 48.9 Å². The van der Waals surface area contributed by atoms with E-state index in [0.717, 1.165) is 27.8 Å². The fraction of sp³-hybridized carbons (Fsp3) is 0.0769. The van der Waals surface area contributed by atoms with Crippen molar-refractivity contribution in [2.75, 3.05) is 10.6 Å². The van der Waals surface area contributed by atoms with E-state index in [-0.39, 0.29) is 11.9 Å². The molecule has 9 nitrogen and oxygen atoms in total.